The van der Waals surface area contributed by atoms with Crippen LogP contribution in [0.3, 0.4) is 0 Å². The quantitative estimate of drug-likeness (QED) is 0.747. The van der Waals surface area contributed by atoms with Crippen molar-refractivity contribution in [1.82, 2.24) is 10.9 Å². The average molecular weight is 338 g/mol. The van der Waals surface area contributed by atoms with Crippen LogP contribution in [0.1, 0.15) is 6.42 Å². The summed E-state index contributed by atoms with van der Waals surface area (Å²) in [5.74, 6) is -1.01. The Bertz CT molecular complexity index is 764. The Morgan fingerprint density at radius 1 is 0.920 bits per heavy atom. The van der Waals surface area contributed by atoms with Gasteiger partial charge in [-0.1, -0.05) is 36.4 Å². The van der Waals surface area contributed by atoms with Gasteiger partial charge in [-0.15, -0.1) is 0 Å². The van der Waals surface area contributed by atoms with E-state index in [2.05, 4.69) is 16.2 Å². The maximum Gasteiger partial charge on any atom is 0.337 e. The van der Waals surface area contributed by atoms with Crippen LogP contribution in [0.2, 0.25) is 0 Å². The molecule has 1 aliphatic rings. The van der Waals surface area contributed by atoms with E-state index in [4.69, 9.17) is 0 Å². The summed E-state index contributed by atoms with van der Waals surface area (Å²) >= 11 is 0. The molecule has 0 radical (unpaired) electrons. The fourth-order valence-electron chi connectivity index (χ4n) is 2.64. The molecule has 0 bridgehead atoms. The Balaban J connectivity index is 1.50. The lowest BCUT2D eigenvalue weighted by molar-refractivity contribution is -0.126. The number of carbonyl (C=O) groups is 3. The first kappa shape index (κ1) is 16.5. The third-order valence-electron chi connectivity index (χ3n) is 3.89. The summed E-state index contributed by atoms with van der Waals surface area (Å²) in [6.07, 6.45) is 0.114. The fraction of sp³-hybridized carbons (Fsp3) is 0.167. The molecule has 4 amide bonds. The number of hydrogen-bond donors (Lipinski definition) is 3. The number of benzene rings is 2. The van der Waals surface area contributed by atoms with Crippen LogP contribution < -0.4 is 21.1 Å². The number of nitrogens with one attached hydrogen (secondary N) is 3. The van der Waals surface area contributed by atoms with Crippen molar-refractivity contribution in [2.75, 3.05) is 16.8 Å². The van der Waals surface area contributed by atoms with E-state index in [0.717, 1.165) is 5.69 Å². The lowest BCUT2D eigenvalue weighted by atomic mass is 10.1. The highest BCUT2D eigenvalue weighted by Crippen LogP contribution is 2.24. The van der Waals surface area contributed by atoms with Gasteiger partial charge in [0, 0.05) is 24.3 Å². The largest absolute Gasteiger partial charge is 0.337 e. The summed E-state index contributed by atoms with van der Waals surface area (Å²) in [4.78, 5) is 37.7. The second-order valence-corrected chi connectivity index (χ2v) is 5.68. The van der Waals surface area contributed by atoms with Gasteiger partial charge in [-0.25, -0.2) is 10.2 Å². The van der Waals surface area contributed by atoms with Crippen molar-refractivity contribution in [3.8, 4) is 0 Å². The predicted molar refractivity (Wildman–Crippen MR) is 93.6 cm³/mol. The number of para-hydroxylation sites is 2. The molecule has 7 heteroatoms. The van der Waals surface area contributed by atoms with Gasteiger partial charge < -0.3 is 10.2 Å². The summed E-state index contributed by atoms with van der Waals surface area (Å²) in [6.45, 7) is 0.288. The molecule has 0 saturated carbocycles. The number of amides is 4. The van der Waals surface area contributed by atoms with Crippen molar-refractivity contribution in [3.05, 3.63) is 60.7 Å². The number of hydrazine groups is 1. The summed E-state index contributed by atoms with van der Waals surface area (Å²) in [5, 5.41) is 2.59. The average Bonchev–Trinajstić information content (AvgIpc) is 3.03. The Morgan fingerprint density at radius 3 is 2.24 bits per heavy atom. The molecule has 0 spiro atoms. The van der Waals surface area contributed by atoms with E-state index < -0.39 is 17.9 Å². The van der Waals surface area contributed by atoms with Crippen molar-refractivity contribution >= 4 is 29.2 Å². The Kier molecular flexibility index (Phi) is 4.94. The summed E-state index contributed by atoms with van der Waals surface area (Å²) in [7, 11) is 0. The SMILES string of the molecule is O=C(NNC(=O)C1CC(=O)N(c2ccccc2)C1)Nc1ccccc1. The van der Waals surface area contributed by atoms with Gasteiger partial charge in [-0.05, 0) is 24.3 Å². The number of rotatable bonds is 3. The summed E-state index contributed by atoms with van der Waals surface area (Å²) < 4.78 is 0. The molecule has 1 fully saturated rings. The van der Waals surface area contributed by atoms with Gasteiger partial charge in [0.25, 0.3) is 0 Å². The molecule has 3 N–H and O–H groups in total. The molecule has 25 heavy (non-hydrogen) atoms. The third kappa shape index (κ3) is 4.14. The molecule has 1 heterocycles. The molecule has 2 aromatic carbocycles. The van der Waals surface area contributed by atoms with Gasteiger partial charge in [0.05, 0.1) is 5.92 Å². The summed E-state index contributed by atoms with van der Waals surface area (Å²) in [5.41, 5.74) is 6.03. The van der Waals surface area contributed by atoms with Crippen molar-refractivity contribution < 1.29 is 14.4 Å². The molecule has 7 nitrogen and oxygen atoms in total. The zero-order valence-corrected chi connectivity index (χ0v) is 13.4. The zero-order valence-electron chi connectivity index (χ0n) is 13.4. The van der Waals surface area contributed by atoms with Crippen LogP contribution in [0.25, 0.3) is 0 Å². The van der Waals surface area contributed by atoms with Crippen LogP contribution in [0.5, 0.6) is 0 Å². The minimum absolute atomic E-state index is 0.111. The van der Waals surface area contributed by atoms with E-state index in [1.807, 2.05) is 36.4 Å². The molecule has 3 rings (SSSR count). The standard InChI is InChI=1S/C18H18N4O3/c23-16-11-13(12-22(16)15-9-5-2-6-10-15)17(24)20-21-18(25)19-14-7-3-1-4-8-14/h1-10,13H,11-12H2,(H,20,24)(H2,19,21,25). The Hall–Kier alpha value is -3.35. The lowest BCUT2D eigenvalue weighted by Crippen LogP contribution is -2.46. The highest BCUT2D eigenvalue weighted by Gasteiger charge is 2.35. The van der Waals surface area contributed by atoms with Crippen LogP contribution in [0, 0.1) is 5.92 Å². The maximum absolute atomic E-state index is 12.2. The smallest absolute Gasteiger partial charge is 0.312 e. The second kappa shape index (κ2) is 7.48. The maximum atomic E-state index is 12.2. The highest BCUT2D eigenvalue weighted by molar-refractivity contribution is 6.00. The van der Waals surface area contributed by atoms with Gasteiger partial charge in [-0.3, -0.25) is 15.0 Å². The molecule has 1 atom stereocenters. The van der Waals surface area contributed by atoms with Crippen molar-refractivity contribution in [1.29, 1.82) is 0 Å². The summed E-state index contributed by atoms with van der Waals surface area (Å²) in [6, 6.07) is 17.5. The van der Waals surface area contributed by atoms with Gasteiger partial charge in [0.2, 0.25) is 11.8 Å². The monoisotopic (exact) mass is 338 g/mol. The van der Waals surface area contributed by atoms with E-state index in [1.54, 1.807) is 29.2 Å². The molecule has 1 unspecified atom stereocenters. The molecule has 0 aliphatic carbocycles. The molecule has 2 aromatic rings. The first-order chi connectivity index (χ1) is 12.1. The molecular formula is C18H18N4O3. The van der Waals surface area contributed by atoms with Crippen LogP contribution in [-0.4, -0.2) is 24.4 Å². The number of carbonyl (C=O) groups excluding carboxylic acids is 3. The van der Waals surface area contributed by atoms with Gasteiger partial charge in [-0.2, -0.15) is 0 Å². The van der Waals surface area contributed by atoms with Crippen molar-refractivity contribution in [3.63, 3.8) is 0 Å². The van der Waals surface area contributed by atoms with E-state index >= 15 is 0 Å². The van der Waals surface area contributed by atoms with Crippen molar-refractivity contribution in [2.24, 2.45) is 5.92 Å². The Morgan fingerprint density at radius 2 is 1.56 bits per heavy atom. The number of anilines is 2. The van der Waals surface area contributed by atoms with E-state index in [-0.39, 0.29) is 18.9 Å². The zero-order chi connectivity index (χ0) is 17.6. The third-order valence-corrected chi connectivity index (χ3v) is 3.89. The number of urea groups is 1. The Labute approximate surface area is 145 Å². The van der Waals surface area contributed by atoms with Gasteiger partial charge in [0.15, 0.2) is 0 Å². The van der Waals surface area contributed by atoms with Gasteiger partial charge in [0.1, 0.15) is 0 Å². The lowest BCUT2D eigenvalue weighted by Gasteiger charge is -2.16. The molecule has 1 saturated heterocycles. The normalized spacial score (nSPS) is 16.4. The molecule has 0 aromatic heterocycles. The minimum Gasteiger partial charge on any atom is -0.312 e. The van der Waals surface area contributed by atoms with Crippen LogP contribution in [-0.2, 0) is 9.59 Å². The van der Waals surface area contributed by atoms with Crippen LogP contribution in [0.15, 0.2) is 60.7 Å². The van der Waals surface area contributed by atoms with Crippen molar-refractivity contribution in [2.45, 2.75) is 6.42 Å². The van der Waals surface area contributed by atoms with Crippen LogP contribution in [0.4, 0.5) is 16.2 Å². The number of hydrogen-bond acceptors (Lipinski definition) is 3. The van der Waals surface area contributed by atoms with E-state index in [0.29, 0.717) is 5.69 Å². The first-order valence-corrected chi connectivity index (χ1v) is 7.91. The van der Waals surface area contributed by atoms with Crippen LogP contribution >= 0.6 is 0 Å². The fourth-order valence-corrected chi connectivity index (χ4v) is 2.64. The minimum atomic E-state index is -0.552. The van der Waals surface area contributed by atoms with E-state index in [9.17, 15) is 14.4 Å². The van der Waals surface area contributed by atoms with E-state index in [1.165, 1.54) is 0 Å². The second-order valence-electron chi connectivity index (χ2n) is 5.68. The van der Waals surface area contributed by atoms with Gasteiger partial charge >= 0.3 is 6.03 Å². The first-order valence-electron chi connectivity index (χ1n) is 7.91. The topological polar surface area (TPSA) is 90.5 Å². The predicted octanol–water partition coefficient (Wildman–Crippen LogP) is 1.89. The highest BCUT2D eigenvalue weighted by atomic mass is 16.2. The number of nitrogens with zero attached hydrogens (tertiary/aromatic N) is 1. The molecule has 1 aliphatic heterocycles. The molecule has 128 valence electrons. The molecular weight excluding hydrogens is 320 g/mol.